The summed E-state index contributed by atoms with van der Waals surface area (Å²) in [6.07, 6.45) is 0.856. The summed E-state index contributed by atoms with van der Waals surface area (Å²) in [5.74, 6) is -1.03. The molecule has 1 saturated heterocycles. The number of benzene rings is 2. The van der Waals surface area contributed by atoms with Crippen molar-refractivity contribution in [2.75, 3.05) is 4.90 Å². The molecule has 3 heterocycles. The number of aromatic nitrogens is 1. The Balaban J connectivity index is 1.33. The number of aromatic amines is 1. The number of anilines is 1. The lowest BCUT2D eigenvalue weighted by Gasteiger charge is -2.43. The smallest absolute Gasteiger partial charge is 0.305 e. The Bertz CT molecular complexity index is 1350. The number of H-pyrrole nitrogens is 1. The van der Waals surface area contributed by atoms with Gasteiger partial charge in [-0.1, -0.05) is 41.7 Å². The molecule has 5 nitrogen and oxygen atoms in total. The fourth-order valence-electron chi connectivity index (χ4n) is 6.90. The van der Waals surface area contributed by atoms with E-state index in [1.165, 1.54) is 40.5 Å². The molecule has 7 rings (SSSR count). The van der Waals surface area contributed by atoms with Crippen LogP contribution < -0.4 is 9.77 Å². The van der Waals surface area contributed by atoms with Crippen LogP contribution in [0.1, 0.15) is 22.8 Å². The van der Waals surface area contributed by atoms with Gasteiger partial charge in [0.15, 0.2) is 0 Å². The zero-order chi connectivity index (χ0) is 22.4. The molecule has 0 unspecified atom stereocenters. The summed E-state index contributed by atoms with van der Waals surface area (Å²) >= 11 is 2.95. The molecule has 2 bridgehead atoms. The quantitative estimate of drug-likeness (QED) is 0.559. The third-order valence-electron chi connectivity index (χ3n) is 7.97. The topological polar surface area (TPSA) is 70.2 Å². The van der Waals surface area contributed by atoms with Crippen LogP contribution in [-0.2, 0) is 9.59 Å². The third-order valence-corrected chi connectivity index (χ3v) is 10.6. The van der Waals surface area contributed by atoms with Gasteiger partial charge in [0, 0.05) is 16.0 Å². The molecule has 8 heteroatoms. The molecule has 4 aliphatic rings. The maximum absolute atomic E-state index is 13.6. The van der Waals surface area contributed by atoms with E-state index in [0.29, 0.717) is 5.69 Å². The minimum atomic E-state index is -0.397. The average Bonchev–Trinajstić information content (AvgIpc) is 3.54. The molecule has 166 valence electrons. The standard InChI is InChI=1S/C25H19FN2O3S2/c26-12-6-8-13(9-7-12)28-23(29)18-14-10-15(19(18)24(28)30)20-17(14)16(11-4-2-1-3-5-11)21-22(32-20)27-25(31)33-21/h1-9,14-20H,10H2,(H,27,31)/t14-,15-,16-,17-,18+,19-,20-/m1/s1. The number of amides is 2. The molecule has 2 saturated carbocycles. The van der Waals surface area contributed by atoms with Gasteiger partial charge in [-0.05, 0) is 54.0 Å². The highest BCUT2D eigenvalue weighted by molar-refractivity contribution is 8.00. The maximum Gasteiger partial charge on any atom is 0.305 e. The average molecular weight is 479 g/mol. The molecule has 3 fully saturated rings. The molecule has 33 heavy (non-hydrogen) atoms. The lowest BCUT2D eigenvalue weighted by atomic mass is 9.68. The van der Waals surface area contributed by atoms with Gasteiger partial charge in [0.1, 0.15) is 5.82 Å². The van der Waals surface area contributed by atoms with E-state index < -0.39 is 5.82 Å². The molecule has 2 aromatic carbocycles. The SMILES string of the molecule is O=C1[C@@H]2[C@H]3C[C@@H]([C@@H]2C(=O)N1c1ccc(F)cc1)[C@@H]1[C@@H](c2ccccc2)c2sc(=O)[nH]c2S[C@H]31. The van der Waals surface area contributed by atoms with E-state index in [1.54, 1.807) is 11.8 Å². The Morgan fingerprint density at radius 1 is 0.909 bits per heavy atom. The first kappa shape index (κ1) is 19.7. The molecule has 2 aliphatic carbocycles. The summed E-state index contributed by atoms with van der Waals surface area (Å²) in [6.45, 7) is 0. The van der Waals surface area contributed by atoms with Crippen LogP contribution in [0.25, 0.3) is 0 Å². The minimum absolute atomic E-state index is 0.0372. The molecular formula is C25H19FN2O3S2. The minimum Gasteiger partial charge on any atom is -0.307 e. The number of nitrogens with zero attached hydrogens (tertiary/aromatic N) is 1. The second-order valence-electron chi connectivity index (χ2n) is 9.36. The first-order valence-electron chi connectivity index (χ1n) is 11.1. The Morgan fingerprint density at radius 2 is 1.61 bits per heavy atom. The number of carbonyl (C=O) groups excluding carboxylic acids is 2. The zero-order valence-corrected chi connectivity index (χ0v) is 18.9. The maximum atomic E-state index is 13.6. The molecule has 0 radical (unpaired) electrons. The van der Waals surface area contributed by atoms with Crippen LogP contribution in [0.15, 0.2) is 64.4 Å². The number of fused-ring (bicyclic) bond motifs is 9. The molecule has 2 amide bonds. The highest BCUT2D eigenvalue weighted by Gasteiger charge is 2.69. The van der Waals surface area contributed by atoms with E-state index in [-0.39, 0.29) is 57.4 Å². The Morgan fingerprint density at radius 3 is 2.33 bits per heavy atom. The second-order valence-corrected chi connectivity index (χ2v) is 11.6. The van der Waals surface area contributed by atoms with Crippen molar-refractivity contribution in [2.45, 2.75) is 22.6 Å². The van der Waals surface area contributed by atoms with Gasteiger partial charge < -0.3 is 4.98 Å². The Kier molecular flexibility index (Phi) is 4.13. The van der Waals surface area contributed by atoms with Gasteiger partial charge in [-0.2, -0.15) is 0 Å². The van der Waals surface area contributed by atoms with Gasteiger partial charge in [0.2, 0.25) is 11.8 Å². The number of nitrogens with one attached hydrogen (secondary N) is 1. The van der Waals surface area contributed by atoms with E-state index in [4.69, 9.17) is 0 Å². The van der Waals surface area contributed by atoms with Gasteiger partial charge in [-0.3, -0.25) is 19.3 Å². The van der Waals surface area contributed by atoms with Crippen LogP contribution in [0.5, 0.6) is 0 Å². The molecule has 1 N–H and O–H groups in total. The largest absolute Gasteiger partial charge is 0.307 e. The van der Waals surface area contributed by atoms with Crippen LogP contribution in [-0.4, -0.2) is 22.0 Å². The molecule has 3 aromatic rings. The van der Waals surface area contributed by atoms with Gasteiger partial charge in [0.25, 0.3) is 0 Å². The van der Waals surface area contributed by atoms with Crippen molar-refractivity contribution >= 4 is 40.6 Å². The fraction of sp³-hybridized carbons (Fsp3) is 0.320. The van der Waals surface area contributed by atoms with Gasteiger partial charge in [-0.25, -0.2) is 4.39 Å². The molecule has 2 aliphatic heterocycles. The first-order valence-corrected chi connectivity index (χ1v) is 12.8. The lowest BCUT2D eigenvalue weighted by Crippen LogP contribution is -2.42. The van der Waals surface area contributed by atoms with E-state index in [2.05, 4.69) is 17.1 Å². The molecular weight excluding hydrogens is 459 g/mol. The summed E-state index contributed by atoms with van der Waals surface area (Å²) < 4.78 is 13.5. The Hall–Kier alpha value is -2.71. The number of carbonyl (C=O) groups is 2. The fourth-order valence-corrected chi connectivity index (χ4v) is 9.78. The van der Waals surface area contributed by atoms with Gasteiger partial charge in [-0.15, -0.1) is 11.8 Å². The van der Waals surface area contributed by atoms with E-state index in [9.17, 15) is 18.8 Å². The van der Waals surface area contributed by atoms with Gasteiger partial charge >= 0.3 is 4.87 Å². The number of halogens is 1. The van der Waals surface area contributed by atoms with Crippen LogP contribution in [0, 0.1) is 35.4 Å². The monoisotopic (exact) mass is 478 g/mol. The molecule has 7 atom stereocenters. The number of imide groups is 1. The summed E-state index contributed by atoms with van der Waals surface area (Å²) in [5, 5.41) is 1.08. The zero-order valence-electron chi connectivity index (χ0n) is 17.3. The summed E-state index contributed by atoms with van der Waals surface area (Å²) in [6, 6.07) is 15.8. The van der Waals surface area contributed by atoms with Crippen LogP contribution in [0.3, 0.4) is 0 Å². The highest BCUT2D eigenvalue weighted by atomic mass is 32.2. The van der Waals surface area contributed by atoms with E-state index in [0.717, 1.165) is 21.9 Å². The first-order chi connectivity index (χ1) is 16.0. The van der Waals surface area contributed by atoms with E-state index in [1.807, 2.05) is 18.2 Å². The van der Waals surface area contributed by atoms with Gasteiger partial charge in [0.05, 0.1) is 22.5 Å². The Labute approximate surface area is 197 Å². The number of hydrogen-bond donors (Lipinski definition) is 1. The normalized spacial score (nSPS) is 33.8. The van der Waals surface area contributed by atoms with Crippen molar-refractivity contribution in [3.63, 3.8) is 0 Å². The highest BCUT2D eigenvalue weighted by Crippen LogP contribution is 2.68. The van der Waals surface area contributed by atoms with Crippen molar-refractivity contribution in [2.24, 2.45) is 29.6 Å². The van der Waals surface area contributed by atoms with Crippen molar-refractivity contribution < 1.29 is 14.0 Å². The van der Waals surface area contributed by atoms with Crippen molar-refractivity contribution in [1.82, 2.24) is 4.98 Å². The van der Waals surface area contributed by atoms with Crippen molar-refractivity contribution in [1.29, 1.82) is 0 Å². The number of hydrogen-bond acceptors (Lipinski definition) is 5. The predicted molar refractivity (Wildman–Crippen MR) is 124 cm³/mol. The van der Waals surface area contributed by atoms with Crippen LogP contribution in [0.4, 0.5) is 10.1 Å². The summed E-state index contributed by atoms with van der Waals surface area (Å²) in [7, 11) is 0. The lowest BCUT2D eigenvalue weighted by molar-refractivity contribution is -0.123. The predicted octanol–water partition coefficient (Wildman–Crippen LogP) is 4.25. The van der Waals surface area contributed by atoms with Crippen molar-refractivity contribution in [3.8, 4) is 0 Å². The molecule has 1 aromatic heterocycles. The second kappa shape index (κ2) is 6.90. The van der Waals surface area contributed by atoms with E-state index >= 15 is 0 Å². The number of thioether (sulfide) groups is 1. The summed E-state index contributed by atoms with van der Waals surface area (Å²) in [4.78, 5) is 44.6. The van der Waals surface area contributed by atoms with Crippen LogP contribution in [0.2, 0.25) is 0 Å². The number of rotatable bonds is 2. The number of thiazole rings is 1. The van der Waals surface area contributed by atoms with Crippen molar-refractivity contribution in [3.05, 3.63) is 80.5 Å². The summed E-state index contributed by atoms with van der Waals surface area (Å²) in [5.41, 5.74) is 1.60. The third kappa shape index (κ3) is 2.62. The molecule has 0 spiro atoms. The van der Waals surface area contributed by atoms with Crippen LogP contribution >= 0.6 is 23.1 Å².